The van der Waals surface area contributed by atoms with Gasteiger partial charge in [0.25, 0.3) is 5.91 Å². The molecule has 1 aliphatic rings. The Kier molecular flexibility index (Phi) is 9.58. The van der Waals surface area contributed by atoms with Gasteiger partial charge >= 0.3 is 6.03 Å². The second-order valence-electron chi connectivity index (χ2n) is 9.18. The molecule has 0 aliphatic carbocycles. The highest BCUT2D eigenvalue weighted by molar-refractivity contribution is 5.99. The average molecular weight is 520 g/mol. The molecule has 1 aliphatic heterocycles. The van der Waals surface area contributed by atoms with Crippen molar-refractivity contribution >= 4 is 23.4 Å². The van der Waals surface area contributed by atoms with Crippen molar-refractivity contribution in [2.75, 3.05) is 43.4 Å². The van der Waals surface area contributed by atoms with Crippen molar-refractivity contribution in [2.24, 2.45) is 0 Å². The average Bonchev–Trinajstić information content (AvgIpc) is 2.93. The molecule has 10 heteroatoms. The summed E-state index contributed by atoms with van der Waals surface area (Å²) < 4.78 is 13.2. The first-order valence-electron chi connectivity index (χ1n) is 13.0. The lowest BCUT2D eigenvalue weighted by atomic mass is 10.1. The summed E-state index contributed by atoms with van der Waals surface area (Å²) >= 11 is 0. The lowest BCUT2D eigenvalue weighted by Gasteiger charge is -2.26. The maximum Gasteiger partial charge on any atom is 0.319 e. The number of piperidine rings is 1. The Morgan fingerprint density at radius 2 is 1.79 bits per heavy atom. The van der Waals surface area contributed by atoms with Gasteiger partial charge < -0.3 is 26.2 Å². The number of hydrogen-bond acceptors (Lipinski definition) is 6. The van der Waals surface area contributed by atoms with Gasteiger partial charge in [-0.15, -0.1) is 0 Å². The number of carbonyl (C=O) groups excluding carboxylic acids is 2. The van der Waals surface area contributed by atoms with Crippen molar-refractivity contribution in [1.29, 1.82) is 0 Å². The molecule has 3 aromatic rings. The van der Waals surface area contributed by atoms with Crippen LogP contribution in [-0.4, -0.2) is 59.5 Å². The van der Waals surface area contributed by atoms with Crippen molar-refractivity contribution < 1.29 is 14.0 Å². The molecule has 0 bridgehead atoms. The van der Waals surface area contributed by atoms with Crippen molar-refractivity contribution in [1.82, 2.24) is 25.5 Å². The Labute approximate surface area is 222 Å². The summed E-state index contributed by atoms with van der Waals surface area (Å²) in [7, 11) is 0. The third-order valence-corrected chi connectivity index (χ3v) is 6.30. The van der Waals surface area contributed by atoms with Crippen LogP contribution in [0.5, 0.6) is 0 Å². The third-order valence-electron chi connectivity index (χ3n) is 6.30. The summed E-state index contributed by atoms with van der Waals surface area (Å²) in [6.07, 6.45) is 6.35. The van der Waals surface area contributed by atoms with E-state index in [1.807, 2.05) is 25.1 Å². The molecule has 1 saturated heterocycles. The first-order chi connectivity index (χ1) is 18.5. The Bertz CT molecular complexity index is 1230. The highest BCUT2D eigenvalue weighted by atomic mass is 19.1. The molecule has 0 radical (unpaired) electrons. The zero-order valence-electron chi connectivity index (χ0n) is 21.6. The fourth-order valence-electron chi connectivity index (χ4n) is 4.35. The molecule has 4 N–H and O–H groups in total. The number of benzene rings is 1. The number of halogens is 1. The molecule has 1 fully saturated rings. The van der Waals surface area contributed by atoms with Gasteiger partial charge in [0.2, 0.25) is 0 Å². The molecule has 1 aromatic carbocycles. The van der Waals surface area contributed by atoms with Crippen molar-refractivity contribution in [3.05, 3.63) is 71.8 Å². The molecule has 200 valence electrons. The second kappa shape index (κ2) is 13.5. The van der Waals surface area contributed by atoms with E-state index in [-0.39, 0.29) is 12.5 Å². The summed E-state index contributed by atoms with van der Waals surface area (Å²) in [6.45, 7) is 6.41. The van der Waals surface area contributed by atoms with E-state index < -0.39 is 11.8 Å². The van der Waals surface area contributed by atoms with Gasteiger partial charge in [-0.2, -0.15) is 0 Å². The summed E-state index contributed by atoms with van der Waals surface area (Å²) in [5.74, 6) is -0.0572. The number of hydrogen-bond donors (Lipinski definition) is 4. The maximum absolute atomic E-state index is 13.2. The molecule has 38 heavy (non-hydrogen) atoms. The highest BCUT2D eigenvalue weighted by Gasteiger charge is 2.15. The highest BCUT2D eigenvalue weighted by Crippen LogP contribution is 2.24. The van der Waals surface area contributed by atoms with Crippen LogP contribution in [0.15, 0.2) is 54.9 Å². The summed E-state index contributed by atoms with van der Waals surface area (Å²) in [6, 6.07) is 11.8. The van der Waals surface area contributed by atoms with Gasteiger partial charge in [-0.05, 0) is 68.8 Å². The van der Waals surface area contributed by atoms with Crippen LogP contribution < -0.4 is 21.3 Å². The van der Waals surface area contributed by atoms with Crippen LogP contribution in [0.25, 0.3) is 11.3 Å². The molecule has 3 heterocycles. The number of amides is 3. The number of nitrogens with zero attached hydrogens (tertiary/aromatic N) is 3. The smallest absolute Gasteiger partial charge is 0.319 e. The van der Waals surface area contributed by atoms with Crippen molar-refractivity contribution in [2.45, 2.75) is 32.7 Å². The minimum absolute atomic E-state index is 0.142. The number of pyridine rings is 2. The van der Waals surface area contributed by atoms with Crippen LogP contribution in [0.4, 0.5) is 20.7 Å². The van der Waals surface area contributed by atoms with Gasteiger partial charge in [0, 0.05) is 43.6 Å². The molecular weight excluding hydrogens is 485 g/mol. The predicted molar refractivity (Wildman–Crippen MR) is 147 cm³/mol. The zero-order valence-corrected chi connectivity index (χ0v) is 21.6. The molecule has 0 spiro atoms. The van der Waals surface area contributed by atoms with E-state index in [1.165, 1.54) is 31.5 Å². The van der Waals surface area contributed by atoms with Crippen LogP contribution in [0, 0.1) is 5.82 Å². The first kappa shape index (κ1) is 27.0. The van der Waals surface area contributed by atoms with Crippen molar-refractivity contribution in [3.8, 4) is 11.3 Å². The molecule has 2 aromatic heterocycles. The third kappa shape index (κ3) is 7.72. The standard InChI is InChI=1S/C28H34FN7O2/c1-2-31-26-24(27(37)32-12-15-36-13-4-3-5-14-36)10-11-25(35-26)21-6-8-23(9-7-21)34-28(38)33-18-20-16-22(29)19-30-17-20/h6-11,16-17,19H,2-5,12-15,18H2,1H3,(H,31,35)(H,32,37)(H2,33,34,38). The second-order valence-corrected chi connectivity index (χ2v) is 9.18. The molecule has 0 unspecified atom stereocenters. The number of likely N-dealkylation sites (tertiary alicyclic amines) is 1. The van der Waals surface area contributed by atoms with E-state index in [9.17, 15) is 14.0 Å². The van der Waals surface area contributed by atoms with Gasteiger partial charge in [-0.1, -0.05) is 18.6 Å². The first-order valence-corrected chi connectivity index (χ1v) is 13.0. The molecule has 3 amide bonds. The maximum atomic E-state index is 13.2. The number of carbonyl (C=O) groups is 2. The van der Waals surface area contributed by atoms with Gasteiger partial charge in [0.1, 0.15) is 11.6 Å². The van der Waals surface area contributed by atoms with Gasteiger partial charge in [-0.25, -0.2) is 14.2 Å². The molecular formula is C28H34FN7O2. The molecule has 0 atom stereocenters. The fourth-order valence-corrected chi connectivity index (χ4v) is 4.35. The summed E-state index contributed by atoms with van der Waals surface area (Å²) in [4.78, 5) is 35.9. The number of anilines is 2. The number of urea groups is 1. The minimum Gasteiger partial charge on any atom is -0.370 e. The minimum atomic E-state index is -0.451. The Morgan fingerprint density at radius 1 is 1.00 bits per heavy atom. The van der Waals surface area contributed by atoms with E-state index in [0.717, 1.165) is 31.4 Å². The predicted octanol–water partition coefficient (Wildman–Crippen LogP) is 4.25. The quantitative estimate of drug-likeness (QED) is 0.319. The van der Waals surface area contributed by atoms with Gasteiger partial charge in [0.05, 0.1) is 17.5 Å². The number of nitrogens with one attached hydrogen (secondary N) is 4. The Morgan fingerprint density at radius 3 is 2.53 bits per heavy atom. The lowest BCUT2D eigenvalue weighted by Crippen LogP contribution is -2.37. The largest absolute Gasteiger partial charge is 0.370 e. The Balaban J connectivity index is 1.34. The summed E-state index contributed by atoms with van der Waals surface area (Å²) in [5, 5.41) is 11.6. The normalized spacial score (nSPS) is 13.5. The van der Waals surface area contributed by atoms with Gasteiger partial charge in [-0.3, -0.25) is 9.78 Å². The monoisotopic (exact) mass is 519 g/mol. The van der Waals surface area contributed by atoms with Crippen LogP contribution in [-0.2, 0) is 6.54 Å². The fraction of sp³-hybridized carbons (Fsp3) is 0.357. The number of rotatable bonds is 10. The van der Waals surface area contributed by atoms with Crippen LogP contribution in [0.1, 0.15) is 42.1 Å². The molecule has 9 nitrogen and oxygen atoms in total. The van der Waals surface area contributed by atoms with Crippen LogP contribution in [0.2, 0.25) is 0 Å². The van der Waals surface area contributed by atoms with Gasteiger partial charge in [0.15, 0.2) is 0 Å². The van der Waals surface area contributed by atoms with E-state index in [0.29, 0.717) is 41.4 Å². The number of aromatic nitrogens is 2. The molecule has 0 saturated carbocycles. The van der Waals surface area contributed by atoms with E-state index in [4.69, 9.17) is 4.98 Å². The van der Waals surface area contributed by atoms with E-state index in [2.05, 4.69) is 31.2 Å². The lowest BCUT2D eigenvalue weighted by molar-refractivity contribution is 0.0947. The molecule has 4 rings (SSSR count). The summed E-state index contributed by atoms with van der Waals surface area (Å²) in [5.41, 5.74) is 3.23. The topological polar surface area (TPSA) is 111 Å². The zero-order chi connectivity index (χ0) is 26.7. The van der Waals surface area contributed by atoms with Crippen LogP contribution in [0.3, 0.4) is 0 Å². The van der Waals surface area contributed by atoms with E-state index in [1.54, 1.807) is 18.2 Å². The van der Waals surface area contributed by atoms with Crippen molar-refractivity contribution in [3.63, 3.8) is 0 Å². The van der Waals surface area contributed by atoms with Crippen LogP contribution >= 0.6 is 0 Å². The SMILES string of the molecule is CCNc1nc(-c2ccc(NC(=O)NCc3cncc(F)c3)cc2)ccc1C(=O)NCCN1CCCCC1. The Hall–Kier alpha value is -4.05. The van der Waals surface area contributed by atoms with E-state index >= 15 is 0 Å².